The predicted molar refractivity (Wildman–Crippen MR) is 108 cm³/mol. The second kappa shape index (κ2) is 5.98. The van der Waals surface area contributed by atoms with Crippen molar-refractivity contribution < 1.29 is 0 Å². The molecule has 0 radical (unpaired) electrons. The summed E-state index contributed by atoms with van der Waals surface area (Å²) in [6, 6.07) is 4.94. The van der Waals surface area contributed by atoms with Crippen molar-refractivity contribution in [2.24, 2.45) is 0 Å². The normalized spacial score (nSPS) is 21.2. The second-order valence-electron chi connectivity index (χ2n) is 8.40. The smallest absolute Gasteiger partial charge is 0.180 e. The quantitative estimate of drug-likeness (QED) is 0.523. The lowest BCUT2D eigenvalue weighted by Crippen LogP contribution is -2.04. The highest BCUT2D eigenvalue weighted by Crippen LogP contribution is 2.54. The summed E-state index contributed by atoms with van der Waals surface area (Å²) in [5.74, 6) is 1.80. The molecule has 0 aliphatic heterocycles. The van der Waals surface area contributed by atoms with Crippen LogP contribution >= 0.6 is 0 Å². The summed E-state index contributed by atoms with van der Waals surface area (Å²) in [4.78, 5) is 0. The fourth-order valence-corrected chi connectivity index (χ4v) is 4.29. The summed E-state index contributed by atoms with van der Waals surface area (Å²) in [5.41, 5.74) is 6.36. The predicted octanol–water partition coefficient (Wildman–Crippen LogP) is 3.43. The summed E-state index contributed by atoms with van der Waals surface area (Å²) in [6.45, 7) is 6.91. The second-order valence-corrected chi connectivity index (χ2v) is 8.40. The molecule has 0 amide bonds. The monoisotopic (exact) mass is 388 g/mol. The molecule has 0 spiro atoms. The zero-order valence-corrected chi connectivity index (χ0v) is 16.9. The molecule has 4 aromatic rings. The number of fused-ring (bicyclic) bond motifs is 1. The third-order valence-electron chi connectivity index (χ3n) is 6.21. The van der Waals surface area contributed by atoms with Crippen molar-refractivity contribution in [1.82, 2.24) is 39.4 Å². The highest BCUT2D eigenvalue weighted by Gasteiger charge is 2.43. The van der Waals surface area contributed by atoms with Crippen molar-refractivity contribution >= 4 is 5.65 Å². The van der Waals surface area contributed by atoms with Crippen LogP contribution in [0.2, 0.25) is 0 Å². The van der Waals surface area contributed by atoms with E-state index in [0.717, 1.165) is 47.1 Å². The maximum absolute atomic E-state index is 4.93. The number of aryl methyl sites for hydroxylation is 3. The van der Waals surface area contributed by atoms with Gasteiger partial charge in [0.15, 0.2) is 11.5 Å². The lowest BCUT2D eigenvalue weighted by molar-refractivity contribution is 0.640. The van der Waals surface area contributed by atoms with E-state index in [-0.39, 0.29) is 0 Å². The lowest BCUT2D eigenvalue weighted by Gasteiger charge is -2.06. The summed E-state index contributed by atoms with van der Waals surface area (Å²) >= 11 is 0. The van der Waals surface area contributed by atoms with Crippen LogP contribution in [0.5, 0.6) is 0 Å². The molecular weight excluding hydrogens is 364 g/mol. The topological polar surface area (TPSA) is 78.7 Å². The molecule has 4 aromatic heterocycles. The summed E-state index contributed by atoms with van der Waals surface area (Å²) in [6.07, 6.45) is 7.97. The van der Waals surface area contributed by atoms with Gasteiger partial charge in [0.1, 0.15) is 5.69 Å². The largest absolute Gasteiger partial charge is 0.269 e. The first kappa shape index (κ1) is 16.9. The van der Waals surface area contributed by atoms with Gasteiger partial charge in [-0.15, -0.1) is 10.2 Å². The van der Waals surface area contributed by atoms with Gasteiger partial charge in [-0.2, -0.15) is 19.8 Å². The van der Waals surface area contributed by atoms with E-state index in [9.17, 15) is 0 Å². The van der Waals surface area contributed by atoms with E-state index in [1.54, 1.807) is 0 Å². The maximum atomic E-state index is 4.93. The minimum absolute atomic E-state index is 0.472. The van der Waals surface area contributed by atoms with Crippen molar-refractivity contribution in [2.45, 2.75) is 64.5 Å². The van der Waals surface area contributed by atoms with E-state index >= 15 is 0 Å². The molecule has 8 nitrogen and oxygen atoms in total. The van der Waals surface area contributed by atoms with Gasteiger partial charge in [0.2, 0.25) is 0 Å². The first-order chi connectivity index (χ1) is 14.1. The molecule has 2 fully saturated rings. The van der Waals surface area contributed by atoms with E-state index in [2.05, 4.69) is 56.8 Å². The lowest BCUT2D eigenvalue weighted by atomic mass is 10.1. The molecule has 4 heterocycles. The first-order valence-electron chi connectivity index (χ1n) is 10.4. The number of nitrogens with zero attached hydrogens (tertiary/aromatic N) is 8. The Morgan fingerprint density at radius 1 is 1.07 bits per heavy atom. The third-order valence-corrected chi connectivity index (χ3v) is 6.21. The summed E-state index contributed by atoms with van der Waals surface area (Å²) in [5, 5.41) is 22.7. The van der Waals surface area contributed by atoms with E-state index in [4.69, 9.17) is 10.2 Å². The van der Waals surface area contributed by atoms with Crippen LogP contribution in [0, 0.1) is 13.8 Å². The molecule has 0 N–H and O–H groups in total. The number of hydrogen-bond donors (Lipinski definition) is 0. The summed E-state index contributed by atoms with van der Waals surface area (Å²) < 4.78 is 6.03. The van der Waals surface area contributed by atoms with E-state index in [1.807, 2.05) is 17.6 Å². The minimum atomic E-state index is 0.472. The molecule has 8 heteroatoms. The van der Waals surface area contributed by atoms with Crippen LogP contribution in [0.1, 0.15) is 66.7 Å². The van der Waals surface area contributed by atoms with Crippen LogP contribution in [0.25, 0.3) is 17.0 Å². The SMILES string of the molecule is CCn1nc(C2CC2c2cnn(C3CC3)c2)cc1-c1cc(C)c2nnc(C)n2n1. The van der Waals surface area contributed by atoms with Crippen LogP contribution in [0.4, 0.5) is 0 Å². The average molecular weight is 388 g/mol. The Morgan fingerprint density at radius 2 is 1.93 bits per heavy atom. The zero-order valence-electron chi connectivity index (χ0n) is 16.9. The maximum Gasteiger partial charge on any atom is 0.180 e. The van der Waals surface area contributed by atoms with Crippen LogP contribution in [-0.2, 0) is 6.54 Å². The highest BCUT2D eigenvalue weighted by atomic mass is 15.4. The number of aromatic nitrogens is 8. The van der Waals surface area contributed by atoms with Crippen molar-refractivity contribution in [3.8, 4) is 11.4 Å². The van der Waals surface area contributed by atoms with Gasteiger partial charge in [-0.05, 0) is 69.2 Å². The fourth-order valence-electron chi connectivity index (χ4n) is 4.29. The Balaban J connectivity index is 1.33. The first-order valence-corrected chi connectivity index (χ1v) is 10.4. The van der Waals surface area contributed by atoms with E-state index < -0.39 is 0 Å². The molecule has 0 aromatic carbocycles. The van der Waals surface area contributed by atoms with Crippen LogP contribution in [-0.4, -0.2) is 39.4 Å². The molecule has 2 aliphatic rings. The zero-order chi connectivity index (χ0) is 19.7. The Morgan fingerprint density at radius 3 is 2.72 bits per heavy atom. The van der Waals surface area contributed by atoms with Gasteiger partial charge in [0.25, 0.3) is 0 Å². The molecule has 0 bridgehead atoms. The molecular formula is C21H24N8. The highest BCUT2D eigenvalue weighted by molar-refractivity contribution is 5.60. The minimum Gasteiger partial charge on any atom is -0.269 e. The van der Waals surface area contributed by atoms with Crippen molar-refractivity contribution in [3.05, 3.63) is 47.2 Å². The Labute approximate surface area is 168 Å². The Hall–Kier alpha value is -3.03. The number of hydrogen-bond acceptors (Lipinski definition) is 5. The van der Waals surface area contributed by atoms with Gasteiger partial charge in [-0.25, -0.2) is 0 Å². The van der Waals surface area contributed by atoms with Gasteiger partial charge in [-0.1, -0.05) is 0 Å². The molecule has 0 saturated heterocycles. The molecule has 2 atom stereocenters. The molecule has 148 valence electrons. The van der Waals surface area contributed by atoms with Gasteiger partial charge in [0, 0.05) is 18.7 Å². The molecule has 2 saturated carbocycles. The van der Waals surface area contributed by atoms with Crippen LogP contribution < -0.4 is 0 Å². The Kier molecular flexibility index (Phi) is 3.48. The number of rotatable bonds is 5. The van der Waals surface area contributed by atoms with Crippen LogP contribution in [0.15, 0.2) is 24.5 Å². The Bertz CT molecular complexity index is 1230. The standard InChI is InChI=1S/C21H24N8/c1-4-27-20(19-7-12(2)21-24-23-13(3)29(21)26-19)9-18(25-27)17-8-16(17)14-10-22-28(11-14)15-5-6-15/h7,9-11,15-17H,4-6,8H2,1-3H3. The molecule has 6 rings (SSSR count). The average Bonchev–Trinajstić information content (AvgIpc) is 3.60. The fraction of sp³-hybridized carbons (Fsp3) is 0.476. The summed E-state index contributed by atoms with van der Waals surface area (Å²) in [7, 11) is 0. The van der Waals surface area contributed by atoms with Crippen LogP contribution in [0.3, 0.4) is 0 Å². The van der Waals surface area contributed by atoms with Crippen molar-refractivity contribution in [1.29, 1.82) is 0 Å². The van der Waals surface area contributed by atoms with E-state index in [0.29, 0.717) is 17.9 Å². The van der Waals surface area contributed by atoms with Crippen molar-refractivity contribution in [3.63, 3.8) is 0 Å². The van der Waals surface area contributed by atoms with Gasteiger partial charge < -0.3 is 0 Å². The molecule has 29 heavy (non-hydrogen) atoms. The van der Waals surface area contributed by atoms with Gasteiger partial charge in [-0.3, -0.25) is 9.36 Å². The van der Waals surface area contributed by atoms with Gasteiger partial charge in [0.05, 0.1) is 23.6 Å². The van der Waals surface area contributed by atoms with Gasteiger partial charge >= 0.3 is 0 Å². The molecule has 2 unspecified atom stereocenters. The molecule has 2 aliphatic carbocycles. The third kappa shape index (κ3) is 2.69. The van der Waals surface area contributed by atoms with E-state index in [1.165, 1.54) is 18.4 Å². The van der Waals surface area contributed by atoms with Crippen molar-refractivity contribution in [2.75, 3.05) is 0 Å².